The maximum Gasteiger partial charge on any atom is 0.238 e. The summed E-state index contributed by atoms with van der Waals surface area (Å²) in [6.45, 7) is 1.86. The van der Waals surface area contributed by atoms with Crippen LogP contribution in [0.25, 0.3) is 0 Å². The molecule has 0 unspecified atom stereocenters. The number of para-hydroxylation sites is 1. The fourth-order valence-corrected chi connectivity index (χ4v) is 5.36. The molecule has 5 rings (SSSR count). The number of amides is 2. The molecule has 2 aliphatic rings. The minimum atomic E-state index is -1.15. The molecular formula is C25H20ClFN2O2. The maximum absolute atomic E-state index is 14.3. The number of rotatable bonds is 2. The number of halogens is 2. The lowest BCUT2D eigenvalue weighted by atomic mass is 9.59. The number of carbonyl (C=O) groups is 2. The van der Waals surface area contributed by atoms with Crippen LogP contribution in [0.5, 0.6) is 0 Å². The van der Waals surface area contributed by atoms with Gasteiger partial charge in [-0.1, -0.05) is 48.0 Å². The van der Waals surface area contributed by atoms with Gasteiger partial charge in [0.15, 0.2) is 0 Å². The zero-order chi connectivity index (χ0) is 21.8. The number of anilines is 1. The molecule has 1 spiro atoms. The van der Waals surface area contributed by atoms with E-state index in [2.05, 4.69) is 10.6 Å². The van der Waals surface area contributed by atoms with Crippen molar-refractivity contribution < 1.29 is 14.0 Å². The number of fused-ring (bicyclic) bond motifs is 2. The van der Waals surface area contributed by atoms with Crippen molar-refractivity contribution in [2.75, 3.05) is 5.32 Å². The predicted octanol–water partition coefficient (Wildman–Crippen LogP) is 5.02. The van der Waals surface area contributed by atoms with Crippen LogP contribution in [0.3, 0.4) is 0 Å². The van der Waals surface area contributed by atoms with Crippen molar-refractivity contribution in [3.8, 4) is 0 Å². The molecule has 0 radical (unpaired) electrons. The highest BCUT2D eigenvalue weighted by atomic mass is 35.5. The second kappa shape index (κ2) is 7.20. The Morgan fingerprint density at radius 1 is 1.03 bits per heavy atom. The Labute approximate surface area is 184 Å². The monoisotopic (exact) mass is 434 g/mol. The average Bonchev–Trinajstić information content (AvgIpc) is 3.04. The predicted molar refractivity (Wildman–Crippen MR) is 118 cm³/mol. The van der Waals surface area contributed by atoms with Crippen molar-refractivity contribution in [3.05, 3.63) is 99.8 Å². The van der Waals surface area contributed by atoms with E-state index in [1.807, 2.05) is 43.3 Å². The first-order chi connectivity index (χ1) is 14.9. The van der Waals surface area contributed by atoms with Gasteiger partial charge in [-0.15, -0.1) is 0 Å². The summed E-state index contributed by atoms with van der Waals surface area (Å²) in [5.41, 5.74) is 2.54. The standard InChI is InChI=1S/C25H20ClFN2O2/c1-14-9-10-17(27)12-18(14)23-25(19-7-2-3-8-21(19)28-24(25)31)20(13-22(30)29-23)15-5-4-6-16(26)11-15/h2-12,20,23H,13H2,1H3,(H,28,31)(H,29,30)/t20-,23+,25-/m0/s1. The van der Waals surface area contributed by atoms with Crippen LogP contribution < -0.4 is 10.6 Å². The normalized spacial score (nSPS) is 24.6. The number of nitrogens with one attached hydrogen (secondary N) is 2. The number of carbonyl (C=O) groups excluding carboxylic acids is 2. The van der Waals surface area contributed by atoms with E-state index >= 15 is 0 Å². The number of aryl methyl sites for hydroxylation is 1. The lowest BCUT2D eigenvalue weighted by Gasteiger charge is -2.46. The van der Waals surface area contributed by atoms with Crippen molar-refractivity contribution in [1.82, 2.24) is 5.32 Å². The van der Waals surface area contributed by atoms with Crippen LogP contribution in [-0.4, -0.2) is 11.8 Å². The molecule has 1 fully saturated rings. The molecule has 0 bridgehead atoms. The minimum Gasteiger partial charge on any atom is -0.348 e. The SMILES string of the molecule is Cc1ccc(F)cc1[C@H]1NC(=O)C[C@@H](c2cccc(Cl)c2)[C@]12C(=O)Nc1ccccc12. The van der Waals surface area contributed by atoms with E-state index in [9.17, 15) is 14.0 Å². The van der Waals surface area contributed by atoms with Gasteiger partial charge in [-0.2, -0.15) is 0 Å². The lowest BCUT2D eigenvalue weighted by molar-refractivity contribution is -0.131. The number of hydrogen-bond donors (Lipinski definition) is 2. The zero-order valence-corrected chi connectivity index (χ0v) is 17.5. The van der Waals surface area contributed by atoms with Crippen LogP contribution in [0.4, 0.5) is 10.1 Å². The Balaban J connectivity index is 1.83. The largest absolute Gasteiger partial charge is 0.348 e. The molecule has 4 nitrogen and oxygen atoms in total. The minimum absolute atomic E-state index is 0.118. The van der Waals surface area contributed by atoms with Crippen molar-refractivity contribution in [2.24, 2.45) is 0 Å². The Morgan fingerprint density at radius 3 is 2.65 bits per heavy atom. The number of benzene rings is 3. The van der Waals surface area contributed by atoms with Crippen molar-refractivity contribution >= 4 is 29.1 Å². The lowest BCUT2D eigenvalue weighted by Crippen LogP contribution is -2.57. The fraction of sp³-hybridized carbons (Fsp3) is 0.200. The first-order valence-corrected chi connectivity index (χ1v) is 10.5. The van der Waals surface area contributed by atoms with Crippen LogP contribution >= 0.6 is 11.6 Å². The van der Waals surface area contributed by atoms with Crippen molar-refractivity contribution in [2.45, 2.75) is 30.7 Å². The van der Waals surface area contributed by atoms with E-state index in [0.717, 1.165) is 16.7 Å². The van der Waals surface area contributed by atoms with Crippen molar-refractivity contribution in [3.63, 3.8) is 0 Å². The van der Waals surface area contributed by atoms with E-state index in [1.54, 1.807) is 18.2 Å². The number of hydrogen-bond acceptors (Lipinski definition) is 2. The summed E-state index contributed by atoms with van der Waals surface area (Å²) in [5.74, 6) is -1.30. The smallest absolute Gasteiger partial charge is 0.238 e. The third-order valence-electron chi connectivity index (χ3n) is 6.50. The molecule has 2 N–H and O–H groups in total. The van der Waals surface area contributed by atoms with Gasteiger partial charge in [-0.3, -0.25) is 9.59 Å². The molecule has 2 heterocycles. The summed E-state index contributed by atoms with van der Waals surface area (Å²) >= 11 is 6.28. The third-order valence-corrected chi connectivity index (χ3v) is 6.73. The second-order valence-electron chi connectivity index (χ2n) is 8.18. The van der Waals surface area contributed by atoms with Gasteiger partial charge in [0.05, 0.1) is 6.04 Å². The highest BCUT2D eigenvalue weighted by Gasteiger charge is 2.61. The first-order valence-electron chi connectivity index (χ1n) is 10.1. The summed E-state index contributed by atoms with van der Waals surface area (Å²) in [7, 11) is 0. The Kier molecular flexibility index (Phi) is 4.59. The first kappa shape index (κ1) is 19.8. The van der Waals surface area contributed by atoms with Crippen LogP contribution in [0.2, 0.25) is 5.02 Å². The molecule has 0 aromatic heterocycles. The van der Waals surface area contributed by atoms with Gasteiger partial charge in [-0.25, -0.2) is 4.39 Å². The van der Waals surface area contributed by atoms with E-state index in [4.69, 9.17) is 11.6 Å². The highest BCUT2D eigenvalue weighted by Crippen LogP contribution is 2.57. The van der Waals surface area contributed by atoms with Crippen LogP contribution in [0, 0.1) is 12.7 Å². The van der Waals surface area contributed by atoms with E-state index in [-0.39, 0.29) is 18.2 Å². The van der Waals surface area contributed by atoms with Gasteiger partial charge in [0.1, 0.15) is 11.2 Å². The van der Waals surface area contributed by atoms with Crippen LogP contribution in [-0.2, 0) is 15.0 Å². The Morgan fingerprint density at radius 2 is 1.84 bits per heavy atom. The molecule has 31 heavy (non-hydrogen) atoms. The summed E-state index contributed by atoms with van der Waals surface area (Å²) in [6, 6.07) is 18.5. The van der Waals surface area contributed by atoms with Gasteiger partial charge in [0.2, 0.25) is 11.8 Å². The fourth-order valence-electron chi connectivity index (χ4n) is 5.16. The third kappa shape index (κ3) is 2.95. The molecular weight excluding hydrogens is 415 g/mol. The van der Waals surface area contributed by atoms with Gasteiger partial charge in [0.25, 0.3) is 0 Å². The molecule has 0 saturated carbocycles. The Bertz CT molecular complexity index is 1230. The molecule has 6 heteroatoms. The second-order valence-corrected chi connectivity index (χ2v) is 8.62. The number of piperidine rings is 1. The average molecular weight is 435 g/mol. The zero-order valence-electron chi connectivity index (χ0n) is 16.8. The molecule has 3 aromatic rings. The van der Waals surface area contributed by atoms with Gasteiger partial charge < -0.3 is 10.6 Å². The van der Waals surface area contributed by atoms with E-state index < -0.39 is 23.2 Å². The molecule has 3 aromatic carbocycles. The summed E-state index contributed by atoms with van der Waals surface area (Å²) < 4.78 is 14.3. The highest BCUT2D eigenvalue weighted by molar-refractivity contribution is 6.30. The molecule has 2 amide bonds. The molecule has 156 valence electrons. The maximum atomic E-state index is 14.3. The van der Waals surface area contributed by atoms with Gasteiger partial charge in [0, 0.05) is 23.0 Å². The van der Waals surface area contributed by atoms with Gasteiger partial charge in [-0.05, 0) is 59.5 Å². The Hall–Kier alpha value is -3.18. The van der Waals surface area contributed by atoms with Crippen LogP contribution in [0.15, 0.2) is 66.7 Å². The molecule has 0 aliphatic carbocycles. The van der Waals surface area contributed by atoms with E-state index in [0.29, 0.717) is 16.3 Å². The summed E-state index contributed by atoms with van der Waals surface area (Å²) in [6.07, 6.45) is 0.118. The van der Waals surface area contributed by atoms with E-state index in [1.165, 1.54) is 12.1 Å². The van der Waals surface area contributed by atoms with Crippen molar-refractivity contribution in [1.29, 1.82) is 0 Å². The molecule has 1 saturated heterocycles. The summed E-state index contributed by atoms with van der Waals surface area (Å²) in [4.78, 5) is 26.7. The molecule has 3 atom stereocenters. The topological polar surface area (TPSA) is 58.2 Å². The molecule has 2 aliphatic heterocycles. The van der Waals surface area contributed by atoms with Gasteiger partial charge >= 0.3 is 0 Å². The quantitative estimate of drug-likeness (QED) is 0.594. The van der Waals surface area contributed by atoms with Crippen LogP contribution in [0.1, 0.15) is 40.6 Å². The summed E-state index contributed by atoms with van der Waals surface area (Å²) in [5, 5.41) is 6.56.